The number of halogens is 1. The Labute approximate surface area is 130 Å². The summed E-state index contributed by atoms with van der Waals surface area (Å²) >= 11 is 3.44. The fraction of sp³-hybridized carbons (Fsp3) is 0.133. The first-order valence-corrected chi connectivity index (χ1v) is 7.25. The summed E-state index contributed by atoms with van der Waals surface area (Å²) in [5.41, 5.74) is 9.12. The summed E-state index contributed by atoms with van der Waals surface area (Å²) in [6.07, 6.45) is 0. The largest absolute Gasteiger partial charge is 0.482 e. The van der Waals surface area contributed by atoms with Crippen LogP contribution in [0.25, 0.3) is 0 Å². The van der Waals surface area contributed by atoms with Gasteiger partial charge in [-0.15, -0.1) is 0 Å². The van der Waals surface area contributed by atoms with Crippen molar-refractivity contribution in [1.29, 1.82) is 0 Å². The predicted molar refractivity (Wildman–Crippen MR) is 86.4 cm³/mol. The van der Waals surface area contributed by atoms with E-state index in [4.69, 9.17) is 10.5 Å². The van der Waals surface area contributed by atoms with E-state index in [2.05, 4.69) is 26.6 Å². The first-order chi connectivity index (χ1) is 10.1. The first-order valence-electron chi connectivity index (χ1n) is 6.46. The molecule has 0 atom stereocenters. The van der Waals surface area contributed by atoms with E-state index in [0.29, 0.717) is 23.7 Å². The quantitative estimate of drug-likeness (QED) is 0.746. The van der Waals surface area contributed by atoms with Crippen LogP contribution in [0.3, 0.4) is 0 Å². The van der Waals surface area contributed by atoms with Crippen LogP contribution in [0.1, 0.15) is 5.56 Å². The fourth-order valence-corrected chi connectivity index (χ4v) is 2.59. The molecule has 3 rings (SSSR count). The average Bonchev–Trinajstić information content (AvgIpc) is 2.45. The van der Waals surface area contributed by atoms with E-state index < -0.39 is 0 Å². The second-order valence-electron chi connectivity index (χ2n) is 4.76. The normalized spacial score (nSPS) is 13.1. The zero-order valence-corrected chi connectivity index (χ0v) is 12.7. The number of benzene rings is 2. The lowest BCUT2D eigenvalue weighted by Gasteiger charge is -2.20. The van der Waals surface area contributed by atoms with E-state index in [0.717, 1.165) is 15.7 Å². The SMILES string of the molecule is Nc1cc2c(cc1NCc1cccc(Br)c1)NC(=O)CO2. The highest BCUT2D eigenvalue weighted by Crippen LogP contribution is 2.35. The molecule has 1 heterocycles. The summed E-state index contributed by atoms with van der Waals surface area (Å²) in [5, 5.41) is 6.04. The second-order valence-corrected chi connectivity index (χ2v) is 5.67. The summed E-state index contributed by atoms with van der Waals surface area (Å²) in [6.45, 7) is 0.661. The minimum atomic E-state index is -0.162. The van der Waals surface area contributed by atoms with Gasteiger partial charge < -0.3 is 21.1 Å². The molecule has 5 nitrogen and oxygen atoms in total. The molecule has 0 bridgehead atoms. The Kier molecular flexibility index (Phi) is 3.70. The Hall–Kier alpha value is -2.21. The number of nitrogens with two attached hydrogens (primary N) is 1. The van der Waals surface area contributed by atoms with Crippen molar-refractivity contribution in [2.24, 2.45) is 0 Å². The number of nitrogens with one attached hydrogen (secondary N) is 2. The lowest BCUT2D eigenvalue weighted by molar-refractivity contribution is -0.118. The standard InChI is InChI=1S/C15H14BrN3O2/c16-10-3-1-2-9(4-10)7-18-12-6-13-14(5-11(12)17)21-8-15(20)19-13/h1-6,18H,7-8,17H2,(H,19,20). The van der Waals surface area contributed by atoms with Crippen molar-refractivity contribution in [2.45, 2.75) is 6.54 Å². The van der Waals surface area contributed by atoms with E-state index in [-0.39, 0.29) is 12.5 Å². The Morgan fingerprint density at radius 3 is 3.00 bits per heavy atom. The smallest absolute Gasteiger partial charge is 0.262 e. The molecule has 1 aliphatic rings. The lowest BCUT2D eigenvalue weighted by Crippen LogP contribution is -2.25. The Balaban J connectivity index is 1.79. The first kappa shape index (κ1) is 13.8. The zero-order valence-electron chi connectivity index (χ0n) is 11.2. The van der Waals surface area contributed by atoms with Crippen LogP contribution in [0.2, 0.25) is 0 Å². The van der Waals surface area contributed by atoms with Crippen molar-refractivity contribution in [3.8, 4) is 5.75 Å². The van der Waals surface area contributed by atoms with Gasteiger partial charge in [-0.3, -0.25) is 4.79 Å². The summed E-state index contributed by atoms with van der Waals surface area (Å²) in [5.74, 6) is 0.435. The van der Waals surface area contributed by atoms with Crippen LogP contribution in [0.4, 0.5) is 17.1 Å². The van der Waals surface area contributed by atoms with E-state index >= 15 is 0 Å². The maximum atomic E-state index is 11.3. The molecule has 0 aliphatic carbocycles. The minimum absolute atomic E-state index is 0.0251. The molecule has 21 heavy (non-hydrogen) atoms. The Morgan fingerprint density at radius 1 is 1.33 bits per heavy atom. The van der Waals surface area contributed by atoms with Gasteiger partial charge in [0.25, 0.3) is 5.91 Å². The molecule has 0 saturated carbocycles. The molecule has 6 heteroatoms. The molecule has 1 aliphatic heterocycles. The highest BCUT2D eigenvalue weighted by molar-refractivity contribution is 9.10. The highest BCUT2D eigenvalue weighted by Gasteiger charge is 2.17. The molecule has 2 aromatic rings. The molecule has 1 amide bonds. The number of anilines is 3. The minimum Gasteiger partial charge on any atom is -0.482 e. The molecule has 2 aromatic carbocycles. The van der Waals surface area contributed by atoms with Gasteiger partial charge >= 0.3 is 0 Å². The predicted octanol–water partition coefficient (Wildman–Crippen LogP) is 2.97. The fourth-order valence-electron chi connectivity index (χ4n) is 2.14. The Morgan fingerprint density at radius 2 is 2.19 bits per heavy atom. The Bertz CT molecular complexity index is 703. The van der Waals surface area contributed by atoms with Crippen LogP contribution in [-0.2, 0) is 11.3 Å². The van der Waals surface area contributed by atoms with Crippen molar-refractivity contribution < 1.29 is 9.53 Å². The monoisotopic (exact) mass is 347 g/mol. The third-order valence-corrected chi connectivity index (χ3v) is 3.65. The summed E-state index contributed by atoms with van der Waals surface area (Å²) in [7, 11) is 0. The molecular weight excluding hydrogens is 334 g/mol. The zero-order chi connectivity index (χ0) is 14.8. The number of amides is 1. The third kappa shape index (κ3) is 3.11. The second kappa shape index (κ2) is 5.65. The molecule has 0 saturated heterocycles. The number of hydrogen-bond donors (Lipinski definition) is 3. The molecule has 4 N–H and O–H groups in total. The number of rotatable bonds is 3. The maximum Gasteiger partial charge on any atom is 0.262 e. The number of hydrogen-bond acceptors (Lipinski definition) is 4. The molecule has 0 spiro atoms. The number of ether oxygens (including phenoxy) is 1. The van der Waals surface area contributed by atoms with E-state index in [9.17, 15) is 4.79 Å². The summed E-state index contributed by atoms with van der Waals surface area (Å²) < 4.78 is 6.35. The molecule has 0 unspecified atom stereocenters. The van der Waals surface area contributed by atoms with Crippen LogP contribution in [0, 0.1) is 0 Å². The van der Waals surface area contributed by atoms with Gasteiger partial charge in [0.2, 0.25) is 0 Å². The van der Waals surface area contributed by atoms with Crippen LogP contribution < -0.4 is 21.1 Å². The summed E-state index contributed by atoms with van der Waals surface area (Å²) in [4.78, 5) is 11.3. The number of nitrogen functional groups attached to an aromatic ring is 1. The highest BCUT2D eigenvalue weighted by atomic mass is 79.9. The molecule has 0 fully saturated rings. The van der Waals surface area contributed by atoms with E-state index in [1.165, 1.54) is 0 Å². The molecule has 0 radical (unpaired) electrons. The van der Waals surface area contributed by atoms with Gasteiger partial charge in [-0.05, 0) is 23.8 Å². The number of fused-ring (bicyclic) bond motifs is 1. The van der Waals surface area contributed by atoms with Gasteiger partial charge in [0, 0.05) is 17.1 Å². The molecular formula is C15H14BrN3O2. The van der Waals surface area contributed by atoms with Crippen molar-refractivity contribution in [1.82, 2.24) is 0 Å². The van der Waals surface area contributed by atoms with Gasteiger partial charge in [-0.2, -0.15) is 0 Å². The van der Waals surface area contributed by atoms with Crippen LogP contribution >= 0.6 is 15.9 Å². The number of carbonyl (C=O) groups is 1. The van der Waals surface area contributed by atoms with Gasteiger partial charge in [-0.25, -0.2) is 0 Å². The van der Waals surface area contributed by atoms with Crippen molar-refractivity contribution in [3.63, 3.8) is 0 Å². The maximum absolute atomic E-state index is 11.3. The molecule has 0 aromatic heterocycles. The van der Waals surface area contributed by atoms with Crippen molar-refractivity contribution in [3.05, 3.63) is 46.4 Å². The van der Waals surface area contributed by atoms with E-state index in [1.54, 1.807) is 12.1 Å². The van der Waals surface area contributed by atoms with Gasteiger partial charge in [0.1, 0.15) is 5.75 Å². The lowest BCUT2D eigenvalue weighted by atomic mass is 10.2. The average molecular weight is 348 g/mol. The summed E-state index contributed by atoms with van der Waals surface area (Å²) in [6, 6.07) is 11.5. The van der Waals surface area contributed by atoms with Crippen LogP contribution in [0.15, 0.2) is 40.9 Å². The number of carbonyl (C=O) groups excluding carboxylic acids is 1. The van der Waals surface area contributed by atoms with Gasteiger partial charge in [-0.1, -0.05) is 28.1 Å². The third-order valence-electron chi connectivity index (χ3n) is 3.16. The molecule has 108 valence electrons. The van der Waals surface area contributed by atoms with Crippen molar-refractivity contribution in [2.75, 3.05) is 23.0 Å². The topological polar surface area (TPSA) is 76.4 Å². The van der Waals surface area contributed by atoms with Gasteiger partial charge in [0.05, 0.1) is 17.1 Å². The van der Waals surface area contributed by atoms with Gasteiger partial charge in [0.15, 0.2) is 6.61 Å². The van der Waals surface area contributed by atoms with Crippen molar-refractivity contribution >= 4 is 38.9 Å². The van der Waals surface area contributed by atoms with Crippen LogP contribution in [0.5, 0.6) is 5.75 Å². The van der Waals surface area contributed by atoms with Crippen LogP contribution in [-0.4, -0.2) is 12.5 Å². The van der Waals surface area contributed by atoms with E-state index in [1.807, 2.05) is 24.3 Å².